The third-order valence-corrected chi connectivity index (χ3v) is 12.4. The second kappa shape index (κ2) is 19.7. The van der Waals surface area contributed by atoms with Crippen molar-refractivity contribution in [3.05, 3.63) is 111 Å². The molecule has 9 rings (SSSR count). The highest BCUT2D eigenvalue weighted by molar-refractivity contribution is 6.07. The highest BCUT2D eigenvalue weighted by atomic mass is 19.4. The van der Waals surface area contributed by atoms with Gasteiger partial charge in [-0.05, 0) is 73.5 Å². The summed E-state index contributed by atoms with van der Waals surface area (Å²) in [6, 6.07) is 13.1. The molecular weight excluding hydrogens is 969 g/mol. The Balaban J connectivity index is 0.781. The van der Waals surface area contributed by atoms with Gasteiger partial charge in [0.05, 0.1) is 28.9 Å². The molecule has 2 saturated heterocycles. The number of alkyl halides is 3. The Bertz CT molecular complexity index is 3340. The first-order valence-corrected chi connectivity index (χ1v) is 22.4. The molecule has 4 N–H and O–H groups in total. The van der Waals surface area contributed by atoms with Gasteiger partial charge in [-0.15, -0.1) is 13.2 Å². The van der Waals surface area contributed by atoms with E-state index >= 15 is 4.39 Å². The number of halogens is 4. The Morgan fingerprint density at radius 2 is 1.62 bits per heavy atom. The lowest BCUT2D eigenvalue weighted by Gasteiger charge is -2.34. The Morgan fingerprint density at radius 1 is 0.863 bits per heavy atom. The van der Waals surface area contributed by atoms with E-state index in [2.05, 4.69) is 36.1 Å². The van der Waals surface area contributed by atoms with E-state index < -0.39 is 47.2 Å². The molecule has 6 aromatic rings. The molecule has 3 aliphatic rings. The summed E-state index contributed by atoms with van der Waals surface area (Å²) in [5.41, 5.74) is 3.61. The van der Waals surface area contributed by atoms with Crippen LogP contribution in [0.4, 0.5) is 33.7 Å². The van der Waals surface area contributed by atoms with Gasteiger partial charge in [-0.25, -0.2) is 24.2 Å². The number of piperazine rings is 1. The van der Waals surface area contributed by atoms with Gasteiger partial charge >= 0.3 is 12.4 Å². The summed E-state index contributed by atoms with van der Waals surface area (Å²) in [7, 11) is 2.89. The van der Waals surface area contributed by atoms with Gasteiger partial charge < -0.3 is 43.9 Å². The van der Waals surface area contributed by atoms with E-state index in [1.807, 2.05) is 0 Å². The van der Waals surface area contributed by atoms with Crippen LogP contribution in [0.5, 0.6) is 28.9 Å². The van der Waals surface area contributed by atoms with Gasteiger partial charge in [0, 0.05) is 81.0 Å². The number of imide groups is 1. The molecule has 7 amide bonds. The summed E-state index contributed by atoms with van der Waals surface area (Å²) >= 11 is 0. The smallest absolute Gasteiger partial charge is 0.493 e. The number of pyridine rings is 1. The van der Waals surface area contributed by atoms with Crippen molar-refractivity contribution in [2.45, 2.75) is 38.7 Å². The predicted molar refractivity (Wildman–Crippen MR) is 249 cm³/mol. The van der Waals surface area contributed by atoms with Gasteiger partial charge in [0.25, 0.3) is 17.7 Å². The van der Waals surface area contributed by atoms with Crippen LogP contribution < -0.4 is 45.8 Å². The Kier molecular flexibility index (Phi) is 13.3. The number of fused-ring (bicyclic) bond motifs is 3. The number of aromatic nitrogens is 3. The third kappa shape index (κ3) is 10.3. The van der Waals surface area contributed by atoms with Crippen LogP contribution in [0.2, 0.25) is 0 Å². The van der Waals surface area contributed by atoms with Crippen molar-refractivity contribution in [1.29, 1.82) is 0 Å². The predicted octanol–water partition coefficient (Wildman–Crippen LogP) is 4.90. The Morgan fingerprint density at radius 3 is 2.34 bits per heavy atom. The number of rotatable bonds is 12. The molecule has 0 aliphatic carbocycles. The fourth-order valence-electron chi connectivity index (χ4n) is 8.71. The lowest BCUT2D eigenvalue weighted by atomic mass is 10.0. The van der Waals surface area contributed by atoms with Gasteiger partial charge in [-0.1, -0.05) is 0 Å². The van der Waals surface area contributed by atoms with Gasteiger partial charge in [-0.3, -0.25) is 39.5 Å². The molecule has 25 heteroatoms. The number of aryl methyl sites for hydroxylation is 1. The first-order valence-electron chi connectivity index (χ1n) is 22.4. The van der Waals surface area contributed by atoms with Crippen molar-refractivity contribution in [3.63, 3.8) is 0 Å². The number of ether oxygens (including phenoxy) is 4. The second-order valence-corrected chi connectivity index (χ2v) is 17.0. The molecule has 2 aromatic heterocycles. The minimum atomic E-state index is -5.01. The Hall–Kier alpha value is -8.87. The van der Waals surface area contributed by atoms with Crippen LogP contribution in [0.15, 0.2) is 77.9 Å². The molecule has 0 radical (unpaired) electrons. The number of urea groups is 1. The second-order valence-electron chi connectivity index (χ2n) is 17.0. The molecule has 0 saturated carbocycles. The summed E-state index contributed by atoms with van der Waals surface area (Å²) in [4.78, 5) is 102. The van der Waals surface area contributed by atoms with Crippen LogP contribution in [0, 0.1) is 12.7 Å². The van der Waals surface area contributed by atoms with Gasteiger partial charge in [0.1, 0.15) is 23.7 Å². The summed E-state index contributed by atoms with van der Waals surface area (Å²) in [5, 5.41) is 9.18. The average Bonchev–Trinajstić information content (AvgIpc) is 3.67. The normalized spacial score (nSPS) is 16.0. The number of carbonyl (C=O) groups excluding carboxylic acids is 6. The van der Waals surface area contributed by atoms with Crippen LogP contribution in [-0.4, -0.2) is 117 Å². The minimum absolute atomic E-state index is 0.0745. The summed E-state index contributed by atoms with van der Waals surface area (Å²) in [6.07, 6.45) is -3.49. The maximum Gasteiger partial charge on any atom is 0.573 e. The van der Waals surface area contributed by atoms with Crippen molar-refractivity contribution < 1.29 is 65.3 Å². The van der Waals surface area contributed by atoms with Crippen molar-refractivity contribution >= 4 is 68.7 Å². The van der Waals surface area contributed by atoms with E-state index in [0.717, 1.165) is 24.5 Å². The highest BCUT2D eigenvalue weighted by Crippen LogP contribution is 2.37. The molecule has 4 aromatic carbocycles. The Labute approximate surface area is 409 Å². The van der Waals surface area contributed by atoms with Crippen LogP contribution in [0.3, 0.4) is 0 Å². The van der Waals surface area contributed by atoms with Crippen molar-refractivity contribution in [3.8, 4) is 28.9 Å². The molecule has 2 fully saturated rings. The lowest BCUT2D eigenvalue weighted by Crippen LogP contribution is -2.56. The topological polar surface area (TPSA) is 245 Å². The number of benzene rings is 4. The number of piperidine rings is 1. The first kappa shape index (κ1) is 49.1. The van der Waals surface area contributed by atoms with Crippen LogP contribution in [0.1, 0.15) is 44.8 Å². The average molecular weight is 1010 g/mol. The van der Waals surface area contributed by atoms with E-state index in [9.17, 15) is 46.7 Å². The zero-order chi connectivity index (χ0) is 51.9. The van der Waals surface area contributed by atoms with Crippen molar-refractivity contribution in [2.24, 2.45) is 7.05 Å². The monoisotopic (exact) mass is 1010 g/mol. The molecule has 21 nitrogen and oxygen atoms in total. The fraction of sp³-hybridized carbons (Fsp3) is 0.271. The summed E-state index contributed by atoms with van der Waals surface area (Å²) < 4.78 is 77.0. The fourth-order valence-corrected chi connectivity index (χ4v) is 8.71. The molecule has 0 spiro atoms. The number of hydrogen-bond acceptors (Lipinski definition) is 14. The van der Waals surface area contributed by atoms with Crippen LogP contribution in [-0.2, 0) is 28.0 Å². The van der Waals surface area contributed by atoms with E-state index in [-0.39, 0.29) is 119 Å². The molecule has 5 heterocycles. The molecular formula is C48H42F4N10O11. The van der Waals surface area contributed by atoms with E-state index in [4.69, 9.17) is 14.2 Å². The van der Waals surface area contributed by atoms with E-state index in [1.165, 1.54) is 60.9 Å². The number of methoxy groups -OCH3 is 1. The third-order valence-electron chi connectivity index (χ3n) is 12.4. The highest BCUT2D eigenvalue weighted by Gasteiger charge is 2.39. The zero-order valence-corrected chi connectivity index (χ0v) is 38.8. The molecule has 1 unspecified atom stereocenters. The van der Waals surface area contributed by atoms with Crippen molar-refractivity contribution in [1.82, 2.24) is 40.1 Å². The van der Waals surface area contributed by atoms with Crippen LogP contribution >= 0.6 is 0 Å². The maximum atomic E-state index is 15.6. The van der Waals surface area contributed by atoms with Gasteiger partial charge in [-0.2, -0.15) is 0 Å². The molecule has 73 heavy (non-hydrogen) atoms. The molecule has 0 bridgehead atoms. The first-order chi connectivity index (χ1) is 34.8. The summed E-state index contributed by atoms with van der Waals surface area (Å²) in [5.74, 6) is -4.20. The molecule has 378 valence electrons. The van der Waals surface area contributed by atoms with Crippen LogP contribution in [0.25, 0.3) is 21.8 Å². The van der Waals surface area contributed by atoms with E-state index in [1.54, 1.807) is 28.1 Å². The zero-order valence-electron chi connectivity index (χ0n) is 38.8. The molecule has 3 aliphatic heterocycles. The SMILES string of the molecule is COc1cc2c(Oc3ccc(NC(=O)c4c(C)n(C)c5ccc(OC(F)(F)F)cc5c4=O)cc3F)ncnc2cc1OCC(=O)N1CCN(NC(=O)Nc2ccc3c(c2)CN(C2CCC(=O)NC2=O)C3=O)CC1. The number of carbonyl (C=O) groups is 6. The number of nitrogens with zero attached hydrogens (tertiary/aromatic N) is 6. The molecule has 1 atom stereocenters. The number of nitrogens with one attached hydrogen (secondary N) is 4. The largest absolute Gasteiger partial charge is 0.573 e. The number of amides is 7. The quantitative estimate of drug-likeness (QED) is 0.0942. The van der Waals surface area contributed by atoms with Gasteiger partial charge in [0.15, 0.2) is 29.7 Å². The summed E-state index contributed by atoms with van der Waals surface area (Å²) in [6.45, 7) is 2.33. The number of hydrazine groups is 1. The standard InChI is InChI=1S/C48H42F4N10O11/c1-24-41(42(65)31-18-28(73-48(50,51)52)6-8-34(31)59(24)2)44(67)55-27-5-10-36(32(49)17-27)72-45-30-19-37(70-3)38(20-33(30)53-23-54-45)71-22-40(64)60-12-14-61(15-13-60)58-47(69)56-26-4-7-29-25(16-26)21-62(46(29)68)35-9-11-39(63)57-43(35)66/h4-8,10,16-20,23,35H,9,11-15,21-22H2,1-3H3,(H,55,67)(H2,56,58,69)(H,57,63,66). The number of hydrogen-bond donors (Lipinski definition) is 4. The van der Waals surface area contributed by atoms with E-state index in [0.29, 0.717) is 29.9 Å². The van der Waals surface area contributed by atoms with Crippen molar-refractivity contribution in [2.75, 3.05) is 50.5 Å². The minimum Gasteiger partial charge on any atom is -0.493 e. The maximum absolute atomic E-state index is 15.6. The number of anilines is 2. The lowest BCUT2D eigenvalue weighted by molar-refractivity contribution is -0.274. The van der Waals surface area contributed by atoms with Gasteiger partial charge in [0.2, 0.25) is 23.1 Å².